The molecule has 0 aromatic carbocycles. The van der Waals surface area contributed by atoms with Crippen LogP contribution >= 0.6 is 0 Å². The second-order valence-electron chi connectivity index (χ2n) is 5.86. The molecule has 114 valence electrons. The van der Waals surface area contributed by atoms with Crippen LogP contribution in [0, 0.1) is 5.92 Å². The summed E-state index contributed by atoms with van der Waals surface area (Å²) in [5.41, 5.74) is 3.89. The van der Waals surface area contributed by atoms with E-state index in [0.717, 1.165) is 0 Å². The van der Waals surface area contributed by atoms with Crippen molar-refractivity contribution in [2.75, 3.05) is 6.54 Å². The number of likely N-dealkylation sites (tertiary alicyclic amines) is 1. The summed E-state index contributed by atoms with van der Waals surface area (Å²) in [6.45, 7) is 5.76. The minimum absolute atomic E-state index is 0.175. The van der Waals surface area contributed by atoms with Crippen molar-refractivity contribution in [2.45, 2.75) is 51.6 Å². The van der Waals surface area contributed by atoms with Crippen LogP contribution in [0.2, 0.25) is 0 Å². The van der Waals surface area contributed by atoms with Gasteiger partial charge in [0.25, 0.3) is 0 Å². The van der Waals surface area contributed by atoms with Gasteiger partial charge in [-0.15, -0.1) is 0 Å². The summed E-state index contributed by atoms with van der Waals surface area (Å²) in [7, 11) is 0. The van der Waals surface area contributed by atoms with Crippen molar-refractivity contribution in [1.82, 2.24) is 10.2 Å². The first-order valence-electron chi connectivity index (χ1n) is 6.79. The highest BCUT2D eigenvalue weighted by molar-refractivity contribution is 5.92. The molecule has 1 aliphatic rings. The van der Waals surface area contributed by atoms with Crippen LogP contribution in [0.25, 0.3) is 0 Å². The molecule has 3 amide bonds. The van der Waals surface area contributed by atoms with Gasteiger partial charge in [0.05, 0.1) is 0 Å². The molecule has 7 nitrogen and oxygen atoms in total. The minimum Gasteiger partial charge on any atom is -0.480 e. The van der Waals surface area contributed by atoms with Gasteiger partial charge in [0.2, 0.25) is 5.91 Å². The molecule has 1 saturated heterocycles. The van der Waals surface area contributed by atoms with Crippen molar-refractivity contribution in [2.24, 2.45) is 11.7 Å². The van der Waals surface area contributed by atoms with Crippen LogP contribution in [0.4, 0.5) is 4.79 Å². The van der Waals surface area contributed by atoms with Gasteiger partial charge in [-0.1, -0.05) is 13.8 Å². The lowest BCUT2D eigenvalue weighted by Gasteiger charge is -2.34. The molecule has 0 bridgehead atoms. The maximum absolute atomic E-state index is 12.5. The monoisotopic (exact) mass is 285 g/mol. The van der Waals surface area contributed by atoms with E-state index in [2.05, 4.69) is 5.32 Å². The number of nitrogens with zero attached hydrogens (tertiary/aromatic N) is 1. The SMILES string of the molecule is CC(C)CC(NC(N)=O)C(=O)N1CCCC1(C)C(=O)O. The molecule has 1 aliphatic heterocycles. The molecule has 0 saturated carbocycles. The van der Waals surface area contributed by atoms with E-state index < -0.39 is 23.6 Å². The molecular formula is C13H23N3O4. The third-order valence-corrected chi connectivity index (χ3v) is 3.69. The zero-order chi connectivity index (χ0) is 15.5. The zero-order valence-corrected chi connectivity index (χ0v) is 12.2. The molecule has 0 aliphatic carbocycles. The lowest BCUT2D eigenvalue weighted by atomic mass is 9.97. The first-order valence-corrected chi connectivity index (χ1v) is 6.79. The first-order chi connectivity index (χ1) is 9.18. The van der Waals surface area contributed by atoms with Gasteiger partial charge in [0.15, 0.2) is 0 Å². The average molecular weight is 285 g/mol. The number of carboxylic acid groups (broad SMARTS) is 1. The summed E-state index contributed by atoms with van der Waals surface area (Å²) < 4.78 is 0. The van der Waals surface area contributed by atoms with E-state index in [-0.39, 0.29) is 11.8 Å². The number of carbonyl (C=O) groups excluding carboxylic acids is 2. The van der Waals surface area contributed by atoms with E-state index in [1.807, 2.05) is 13.8 Å². The summed E-state index contributed by atoms with van der Waals surface area (Å²) in [5, 5.41) is 11.8. The molecule has 2 unspecified atom stereocenters. The summed E-state index contributed by atoms with van der Waals surface area (Å²) in [6, 6.07) is -1.55. The van der Waals surface area contributed by atoms with E-state index in [1.54, 1.807) is 0 Å². The summed E-state index contributed by atoms with van der Waals surface area (Å²) in [5.74, 6) is -1.22. The third kappa shape index (κ3) is 3.40. The molecule has 4 N–H and O–H groups in total. The lowest BCUT2D eigenvalue weighted by Crippen LogP contribution is -2.57. The Kier molecular flexibility index (Phi) is 4.97. The molecular weight excluding hydrogens is 262 g/mol. The Labute approximate surface area is 118 Å². The van der Waals surface area contributed by atoms with Crippen LogP contribution in [0.1, 0.15) is 40.0 Å². The largest absolute Gasteiger partial charge is 0.480 e. The van der Waals surface area contributed by atoms with Crippen molar-refractivity contribution in [3.05, 3.63) is 0 Å². The van der Waals surface area contributed by atoms with Gasteiger partial charge >= 0.3 is 12.0 Å². The number of carboxylic acids is 1. The topological polar surface area (TPSA) is 113 Å². The molecule has 0 radical (unpaired) electrons. The minimum atomic E-state index is -1.20. The van der Waals surface area contributed by atoms with Crippen LogP contribution in [0.5, 0.6) is 0 Å². The number of hydrogen-bond donors (Lipinski definition) is 3. The molecule has 1 fully saturated rings. The van der Waals surface area contributed by atoms with E-state index in [0.29, 0.717) is 25.8 Å². The predicted octanol–water partition coefficient (Wildman–Crippen LogP) is 0.535. The van der Waals surface area contributed by atoms with Gasteiger partial charge in [0, 0.05) is 6.54 Å². The van der Waals surface area contributed by atoms with Crippen molar-refractivity contribution in [1.29, 1.82) is 0 Å². The number of rotatable bonds is 5. The summed E-state index contributed by atoms with van der Waals surface area (Å²) in [6.07, 6.45) is 1.48. The van der Waals surface area contributed by atoms with E-state index in [1.165, 1.54) is 11.8 Å². The van der Waals surface area contributed by atoms with Crippen molar-refractivity contribution in [3.8, 4) is 0 Å². The van der Waals surface area contributed by atoms with Gasteiger partial charge in [0.1, 0.15) is 11.6 Å². The highest BCUT2D eigenvalue weighted by Gasteiger charge is 2.47. The average Bonchev–Trinajstić information content (AvgIpc) is 2.69. The van der Waals surface area contributed by atoms with Crippen LogP contribution in [-0.4, -0.2) is 46.0 Å². The molecule has 2 atom stereocenters. The van der Waals surface area contributed by atoms with Crippen LogP contribution < -0.4 is 11.1 Å². The lowest BCUT2D eigenvalue weighted by molar-refractivity contribution is -0.156. The van der Waals surface area contributed by atoms with Crippen molar-refractivity contribution >= 4 is 17.9 Å². The van der Waals surface area contributed by atoms with Crippen LogP contribution in [0.15, 0.2) is 0 Å². The molecule has 0 aromatic rings. The normalized spacial score (nSPS) is 23.7. The van der Waals surface area contributed by atoms with Gasteiger partial charge < -0.3 is 21.1 Å². The van der Waals surface area contributed by atoms with E-state index >= 15 is 0 Å². The molecule has 1 heterocycles. The number of nitrogens with two attached hydrogens (primary N) is 1. The third-order valence-electron chi connectivity index (χ3n) is 3.69. The van der Waals surface area contributed by atoms with Crippen LogP contribution in [-0.2, 0) is 9.59 Å². The number of hydrogen-bond acceptors (Lipinski definition) is 3. The first kappa shape index (κ1) is 16.3. The smallest absolute Gasteiger partial charge is 0.329 e. The van der Waals surface area contributed by atoms with E-state index in [9.17, 15) is 19.5 Å². The Bertz CT molecular complexity index is 410. The fourth-order valence-electron chi connectivity index (χ4n) is 2.59. The van der Waals surface area contributed by atoms with Gasteiger partial charge in [-0.2, -0.15) is 0 Å². The highest BCUT2D eigenvalue weighted by Crippen LogP contribution is 2.30. The number of nitrogens with one attached hydrogen (secondary N) is 1. The quantitative estimate of drug-likeness (QED) is 0.684. The number of carbonyl (C=O) groups is 3. The maximum Gasteiger partial charge on any atom is 0.329 e. The molecule has 20 heavy (non-hydrogen) atoms. The Morgan fingerprint density at radius 3 is 2.45 bits per heavy atom. The number of urea groups is 1. The molecule has 7 heteroatoms. The number of amides is 3. The van der Waals surface area contributed by atoms with Gasteiger partial charge in [-0.05, 0) is 32.1 Å². The fraction of sp³-hybridized carbons (Fsp3) is 0.769. The van der Waals surface area contributed by atoms with Crippen molar-refractivity contribution in [3.63, 3.8) is 0 Å². The second-order valence-corrected chi connectivity index (χ2v) is 5.86. The summed E-state index contributed by atoms with van der Waals surface area (Å²) >= 11 is 0. The predicted molar refractivity (Wildman–Crippen MR) is 72.9 cm³/mol. The Hall–Kier alpha value is -1.79. The van der Waals surface area contributed by atoms with Crippen LogP contribution in [0.3, 0.4) is 0 Å². The Morgan fingerprint density at radius 1 is 1.40 bits per heavy atom. The summed E-state index contributed by atoms with van der Waals surface area (Å²) in [4.78, 5) is 36.3. The van der Waals surface area contributed by atoms with Crippen molar-refractivity contribution < 1.29 is 19.5 Å². The highest BCUT2D eigenvalue weighted by atomic mass is 16.4. The fourth-order valence-corrected chi connectivity index (χ4v) is 2.59. The maximum atomic E-state index is 12.5. The van der Waals surface area contributed by atoms with E-state index in [4.69, 9.17) is 5.73 Å². The van der Waals surface area contributed by atoms with Gasteiger partial charge in [-0.25, -0.2) is 9.59 Å². The number of primary amides is 1. The second kappa shape index (κ2) is 6.11. The molecule has 0 aromatic heterocycles. The molecule has 1 rings (SSSR count). The Morgan fingerprint density at radius 2 is 2.00 bits per heavy atom. The Balaban J connectivity index is 2.93. The zero-order valence-electron chi connectivity index (χ0n) is 12.2. The molecule has 0 spiro atoms. The van der Waals surface area contributed by atoms with Gasteiger partial charge in [-0.3, -0.25) is 4.79 Å². The number of aliphatic carboxylic acids is 1. The standard InChI is InChI=1S/C13H23N3O4/c1-8(2)7-9(15-12(14)20)10(17)16-6-4-5-13(16,3)11(18)19/h8-9H,4-7H2,1-3H3,(H,18,19)(H3,14,15,20).